The zero-order valence-electron chi connectivity index (χ0n) is 20.5. The van der Waals surface area contributed by atoms with Gasteiger partial charge in [-0.15, -0.1) is 0 Å². The third kappa shape index (κ3) is 4.46. The van der Waals surface area contributed by atoms with E-state index in [9.17, 15) is 4.79 Å². The first-order chi connectivity index (χ1) is 15.8. The normalized spacial score (nSPS) is 18.2. The number of carbonyl (C=O) groups excluding carboxylic acids is 1. The Morgan fingerprint density at radius 3 is 2.61 bits per heavy atom. The number of benzene rings is 2. The average molecular weight is 465 g/mol. The molecule has 33 heavy (non-hydrogen) atoms. The zero-order valence-corrected chi connectivity index (χ0v) is 21.5. The number of aryl methyl sites for hydroxylation is 1. The lowest BCUT2D eigenvalue weighted by molar-refractivity contribution is -0.132. The second-order valence-corrected chi connectivity index (χ2v) is 14.4. The summed E-state index contributed by atoms with van der Waals surface area (Å²) in [5, 5.41) is 5.82. The second kappa shape index (κ2) is 9.35. The maximum atomic E-state index is 13.2. The van der Waals surface area contributed by atoms with E-state index >= 15 is 0 Å². The fraction of sp³-hybridized carbons (Fsp3) is 0.444. The molecule has 0 saturated heterocycles. The topological polar surface area (TPSA) is 63.4 Å². The number of carbonyl (C=O) groups is 1. The van der Waals surface area contributed by atoms with Crippen LogP contribution < -0.4 is 15.2 Å². The van der Waals surface area contributed by atoms with Crippen LogP contribution in [0.3, 0.4) is 0 Å². The lowest BCUT2D eigenvalue weighted by atomic mass is 9.86. The number of rotatable bonds is 8. The number of nitrogens with one attached hydrogen (secondary N) is 2. The predicted octanol–water partition coefficient (Wildman–Crippen LogP) is 4.58. The summed E-state index contributed by atoms with van der Waals surface area (Å²) in [6.07, 6.45) is 3.63. The van der Waals surface area contributed by atoms with Gasteiger partial charge in [-0.3, -0.25) is 4.79 Å². The lowest BCUT2D eigenvalue weighted by Gasteiger charge is -2.36. The zero-order chi connectivity index (χ0) is 23.6. The van der Waals surface area contributed by atoms with Gasteiger partial charge in [0.15, 0.2) is 0 Å². The molecule has 1 aliphatic heterocycles. The van der Waals surface area contributed by atoms with Crippen molar-refractivity contribution in [2.75, 3.05) is 19.9 Å². The van der Waals surface area contributed by atoms with Crippen LogP contribution in [0.25, 0.3) is 10.9 Å². The average Bonchev–Trinajstić information content (AvgIpc) is 3.23. The third-order valence-corrected chi connectivity index (χ3v) is 10.2. The van der Waals surface area contributed by atoms with Crippen LogP contribution in [0.15, 0.2) is 42.5 Å². The molecule has 2 heterocycles. The highest BCUT2D eigenvalue weighted by Gasteiger charge is 2.41. The summed E-state index contributed by atoms with van der Waals surface area (Å²) in [5.74, 6) is 0.903. The highest BCUT2D eigenvalue weighted by molar-refractivity contribution is 6.90. The number of H-pyrrole nitrogens is 1. The van der Waals surface area contributed by atoms with Gasteiger partial charge in [-0.2, -0.15) is 0 Å². The molecule has 0 fully saturated rings. The molecule has 0 bridgehead atoms. The molecule has 2 aromatic carbocycles. The Morgan fingerprint density at radius 1 is 1.18 bits per heavy atom. The predicted molar refractivity (Wildman–Crippen MR) is 137 cm³/mol. The summed E-state index contributed by atoms with van der Waals surface area (Å²) >= 11 is 0. The van der Waals surface area contributed by atoms with E-state index in [4.69, 9.17) is 9.47 Å². The number of aromatic nitrogens is 1. The fourth-order valence-electron chi connectivity index (χ4n) is 5.03. The fourth-order valence-corrected chi connectivity index (χ4v) is 6.94. The van der Waals surface area contributed by atoms with E-state index in [1.807, 2.05) is 12.1 Å². The van der Waals surface area contributed by atoms with Crippen LogP contribution >= 0.6 is 0 Å². The van der Waals surface area contributed by atoms with Crippen LogP contribution in [0, 0.1) is 0 Å². The molecule has 0 radical (unpaired) electrons. The summed E-state index contributed by atoms with van der Waals surface area (Å²) in [4.78, 5) is 16.9. The maximum absolute atomic E-state index is 13.2. The van der Waals surface area contributed by atoms with Gasteiger partial charge in [-0.25, -0.2) is 0 Å². The van der Waals surface area contributed by atoms with Gasteiger partial charge in [0.2, 0.25) is 5.91 Å². The molecular weight excluding hydrogens is 428 g/mol. The van der Waals surface area contributed by atoms with Crippen molar-refractivity contribution in [3.63, 3.8) is 0 Å². The van der Waals surface area contributed by atoms with E-state index in [2.05, 4.69) is 67.6 Å². The van der Waals surface area contributed by atoms with Crippen LogP contribution in [0.4, 0.5) is 0 Å². The Labute approximate surface area is 197 Å². The third-order valence-electron chi connectivity index (χ3n) is 7.21. The molecule has 6 heteroatoms. The van der Waals surface area contributed by atoms with Crippen LogP contribution in [-0.4, -0.2) is 38.8 Å². The number of para-hydroxylation sites is 1. The highest BCUT2D eigenvalue weighted by Crippen LogP contribution is 2.42. The molecule has 1 aliphatic rings. The van der Waals surface area contributed by atoms with E-state index < -0.39 is 13.7 Å². The van der Waals surface area contributed by atoms with Crippen LogP contribution in [0.1, 0.15) is 43.5 Å². The second-order valence-electron chi connectivity index (χ2n) is 9.68. The van der Waals surface area contributed by atoms with Gasteiger partial charge in [-0.1, -0.05) is 62.5 Å². The molecule has 1 aromatic heterocycles. The highest BCUT2D eigenvalue weighted by atomic mass is 28.3. The summed E-state index contributed by atoms with van der Waals surface area (Å²) in [6, 6.07) is 14.7. The van der Waals surface area contributed by atoms with Crippen molar-refractivity contribution in [1.82, 2.24) is 10.3 Å². The minimum atomic E-state index is -1.82. The molecule has 1 amide bonds. The smallest absolute Gasteiger partial charge is 0.223 e. The van der Waals surface area contributed by atoms with Crippen LogP contribution in [-0.2, 0) is 28.0 Å². The first-order valence-electron chi connectivity index (χ1n) is 12.0. The standard InChI is InChI=1S/C27H36N2O3Si/c1-6-19-9-8-10-22-23-15-16-32-27(7-2,26(23)29-25(19)22)17-24(30)28-18-33(4,5)21-13-11-20(31-3)12-14-21/h8-14,29H,6-7,15-18H2,1-5H3,(H,28,30). The van der Waals surface area contributed by atoms with Crippen molar-refractivity contribution in [2.45, 2.75) is 58.2 Å². The first kappa shape index (κ1) is 23.6. The van der Waals surface area contributed by atoms with E-state index in [0.29, 0.717) is 19.2 Å². The van der Waals surface area contributed by atoms with Crippen molar-refractivity contribution < 1.29 is 14.3 Å². The molecule has 5 nitrogen and oxygen atoms in total. The number of aromatic amines is 1. The van der Waals surface area contributed by atoms with E-state index in [1.165, 1.54) is 27.2 Å². The SMILES string of the molecule is CCc1cccc2c3c([nH]c12)C(CC)(CC(=O)NC[Si](C)(C)c1ccc(OC)cc1)OCC3. The number of hydrogen-bond donors (Lipinski definition) is 2. The minimum absolute atomic E-state index is 0.0492. The summed E-state index contributed by atoms with van der Waals surface area (Å²) in [6.45, 7) is 9.50. The monoisotopic (exact) mass is 464 g/mol. The Bertz CT molecular complexity index is 1140. The quantitative estimate of drug-likeness (QED) is 0.480. The van der Waals surface area contributed by atoms with Crippen LogP contribution in [0.2, 0.25) is 13.1 Å². The Kier molecular flexibility index (Phi) is 6.68. The summed E-state index contributed by atoms with van der Waals surface area (Å²) in [5.41, 5.74) is 4.31. The lowest BCUT2D eigenvalue weighted by Crippen LogP contribution is -2.52. The van der Waals surface area contributed by atoms with Crippen molar-refractivity contribution >= 4 is 30.1 Å². The molecule has 3 aromatic rings. The Hall–Kier alpha value is -2.57. The Morgan fingerprint density at radius 2 is 1.94 bits per heavy atom. The molecule has 1 atom stereocenters. The number of ether oxygens (including phenoxy) is 2. The van der Waals surface area contributed by atoms with Crippen molar-refractivity contribution in [1.29, 1.82) is 0 Å². The molecule has 0 saturated carbocycles. The van der Waals surface area contributed by atoms with Crippen molar-refractivity contribution in [3.8, 4) is 5.75 Å². The van der Waals surface area contributed by atoms with Gasteiger partial charge in [0, 0.05) is 17.1 Å². The van der Waals surface area contributed by atoms with Gasteiger partial charge >= 0.3 is 0 Å². The van der Waals surface area contributed by atoms with Gasteiger partial charge in [0.05, 0.1) is 25.8 Å². The number of amides is 1. The van der Waals surface area contributed by atoms with Crippen molar-refractivity contribution in [3.05, 3.63) is 59.3 Å². The maximum Gasteiger partial charge on any atom is 0.223 e. The Balaban J connectivity index is 1.54. The number of hydrogen-bond acceptors (Lipinski definition) is 3. The van der Waals surface area contributed by atoms with Gasteiger partial charge in [-0.05, 0) is 42.5 Å². The minimum Gasteiger partial charge on any atom is -0.497 e. The molecule has 176 valence electrons. The first-order valence-corrected chi connectivity index (χ1v) is 15.2. The van der Waals surface area contributed by atoms with Crippen molar-refractivity contribution in [2.24, 2.45) is 0 Å². The number of methoxy groups -OCH3 is 1. The van der Waals surface area contributed by atoms with Crippen LogP contribution in [0.5, 0.6) is 5.75 Å². The van der Waals surface area contributed by atoms with Gasteiger partial charge in [0.25, 0.3) is 0 Å². The molecule has 1 unspecified atom stereocenters. The van der Waals surface area contributed by atoms with E-state index in [1.54, 1.807) is 7.11 Å². The molecular formula is C27H36N2O3Si. The largest absolute Gasteiger partial charge is 0.497 e. The summed E-state index contributed by atoms with van der Waals surface area (Å²) < 4.78 is 11.6. The molecule has 0 aliphatic carbocycles. The molecule has 0 spiro atoms. The van der Waals surface area contributed by atoms with Gasteiger partial charge in [0.1, 0.15) is 19.4 Å². The molecule has 2 N–H and O–H groups in total. The van der Waals surface area contributed by atoms with E-state index in [-0.39, 0.29) is 5.91 Å². The van der Waals surface area contributed by atoms with Gasteiger partial charge < -0.3 is 19.8 Å². The molecule has 4 rings (SSSR count). The summed E-state index contributed by atoms with van der Waals surface area (Å²) in [7, 11) is -0.148. The van der Waals surface area contributed by atoms with E-state index in [0.717, 1.165) is 30.7 Å². The number of fused-ring (bicyclic) bond motifs is 3.